The van der Waals surface area contributed by atoms with Gasteiger partial charge in [-0.3, -0.25) is 4.90 Å². The highest BCUT2D eigenvalue weighted by molar-refractivity contribution is 4.98. The monoisotopic (exact) mass is 254 g/mol. The molecule has 1 aliphatic carbocycles. The van der Waals surface area contributed by atoms with Crippen molar-refractivity contribution in [1.29, 1.82) is 0 Å². The van der Waals surface area contributed by atoms with Gasteiger partial charge in [0.1, 0.15) is 0 Å². The molecular weight excluding hydrogens is 224 g/mol. The lowest BCUT2D eigenvalue weighted by Gasteiger charge is -2.44. The van der Waals surface area contributed by atoms with E-state index < -0.39 is 0 Å². The highest BCUT2D eigenvalue weighted by atomic mass is 16.5. The molecule has 1 saturated carbocycles. The summed E-state index contributed by atoms with van der Waals surface area (Å²) in [5, 5.41) is 0. The van der Waals surface area contributed by atoms with E-state index in [0.29, 0.717) is 0 Å². The van der Waals surface area contributed by atoms with Crippen molar-refractivity contribution >= 4 is 0 Å². The van der Waals surface area contributed by atoms with Gasteiger partial charge in [0.25, 0.3) is 0 Å². The Hall–Kier alpha value is -0.120. The molecular formula is C15H30N2O. The van der Waals surface area contributed by atoms with Gasteiger partial charge in [-0.1, -0.05) is 26.7 Å². The van der Waals surface area contributed by atoms with E-state index in [2.05, 4.69) is 18.7 Å². The average Bonchev–Trinajstić information content (AvgIpc) is 3.00. The number of hydrogen-bond donors (Lipinski definition) is 1. The summed E-state index contributed by atoms with van der Waals surface area (Å²) in [6.07, 6.45) is 7.91. The molecule has 18 heavy (non-hydrogen) atoms. The van der Waals surface area contributed by atoms with Crippen LogP contribution < -0.4 is 5.73 Å². The second-order valence-corrected chi connectivity index (χ2v) is 6.55. The highest BCUT2D eigenvalue weighted by Gasteiger charge is 2.42. The Morgan fingerprint density at radius 1 is 1.33 bits per heavy atom. The van der Waals surface area contributed by atoms with Crippen molar-refractivity contribution in [3.8, 4) is 0 Å². The van der Waals surface area contributed by atoms with Crippen LogP contribution in [0.2, 0.25) is 0 Å². The summed E-state index contributed by atoms with van der Waals surface area (Å²) in [5.74, 6) is 0.769. The fourth-order valence-corrected chi connectivity index (χ4v) is 3.52. The van der Waals surface area contributed by atoms with Gasteiger partial charge in [0.15, 0.2) is 0 Å². The quantitative estimate of drug-likeness (QED) is 0.791. The van der Waals surface area contributed by atoms with E-state index in [9.17, 15) is 0 Å². The summed E-state index contributed by atoms with van der Waals surface area (Å²) in [6.45, 7) is 8.31. The average molecular weight is 254 g/mol. The van der Waals surface area contributed by atoms with Gasteiger partial charge in [-0.25, -0.2) is 0 Å². The van der Waals surface area contributed by atoms with Gasteiger partial charge < -0.3 is 10.5 Å². The molecule has 2 N–H and O–H groups in total. The maximum atomic E-state index is 6.12. The first-order chi connectivity index (χ1) is 8.68. The summed E-state index contributed by atoms with van der Waals surface area (Å²) in [5.41, 5.74) is 6.26. The lowest BCUT2D eigenvalue weighted by Crippen LogP contribution is -2.58. The molecule has 2 fully saturated rings. The van der Waals surface area contributed by atoms with Crippen molar-refractivity contribution < 1.29 is 4.74 Å². The van der Waals surface area contributed by atoms with Crippen LogP contribution in [0.15, 0.2) is 0 Å². The van der Waals surface area contributed by atoms with Gasteiger partial charge in [0.05, 0.1) is 12.1 Å². The molecule has 1 aliphatic heterocycles. The summed E-state index contributed by atoms with van der Waals surface area (Å²) in [4.78, 5) is 2.73. The second-order valence-electron chi connectivity index (χ2n) is 6.55. The minimum absolute atomic E-state index is 0.143. The van der Waals surface area contributed by atoms with E-state index in [4.69, 9.17) is 10.5 Å². The maximum absolute atomic E-state index is 6.12. The molecule has 106 valence electrons. The zero-order valence-electron chi connectivity index (χ0n) is 12.2. The van der Waals surface area contributed by atoms with Crippen LogP contribution in [0.25, 0.3) is 0 Å². The highest BCUT2D eigenvalue weighted by Crippen LogP contribution is 2.34. The van der Waals surface area contributed by atoms with Crippen molar-refractivity contribution in [3.63, 3.8) is 0 Å². The molecule has 1 unspecified atom stereocenters. The molecule has 0 aromatic carbocycles. The number of nitrogens with zero attached hydrogens (tertiary/aromatic N) is 1. The topological polar surface area (TPSA) is 38.5 Å². The molecule has 1 atom stereocenters. The summed E-state index contributed by atoms with van der Waals surface area (Å²) < 4.78 is 5.68. The predicted octanol–water partition coefficient (Wildman–Crippen LogP) is 2.39. The molecule has 0 aromatic rings. The Kier molecular flexibility index (Phi) is 5.05. The molecule has 2 rings (SSSR count). The standard InChI is InChI=1S/C15H30N2O/c1-13(2)7-9-17(14-5-3-4-6-14)15(11-16)8-10-18-12-15/h13-14H,3-12,16H2,1-2H3. The third kappa shape index (κ3) is 3.06. The van der Waals surface area contributed by atoms with Crippen LogP contribution in [0.5, 0.6) is 0 Å². The largest absolute Gasteiger partial charge is 0.379 e. The first-order valence-corrected chi connectivity index (χ1v) is 7.72. The fourth-order valence-electron chi connectivity index (χ4n) is 3.52. The minimum Gasteiger partial charge on any atom is -0.379 e. The second kappa shape index (κ2) is 6.36. The van der Waals surface area contributed by atoms with Gasteiger partial charge in [-0.2, -0.15) is 0 Å². The first kappa shape index (κ1) is 14.3. The molecule has 1 saturated heterocycles. The summed E-state index contributed by atoms with van der Waals surface area (Å²) in [6, 6.07) is 0.758. The van der Waals surface area contributed by atoms with Crippen LogP contribution in [0.3, 0.4) is 0 Å². The van der Waals surface area contributed by atoms with Gasteiger partial charge >= 0.3 is 0 Å². The van der Waals surface area contributed by atoms with Crippen molar-refractivity contribution in [3.05, 3.63) is 0 Å². The molecule has 3 heteroatoms. The van der Waals surface area contributed by atoms with Crippen LogP contribution in [0.4, 0.5) is 0 Å². The predicted molar refractivity (Wildman–Crippen MR) is 75.6 cm³/mol. The Morgan fingerprint density at radius 2 is 2.06 bits per heavy atom. The number of ether oxygens (including phenoxy) is 1. The molecule has 1 heterocycles. The minimum atomic E-state index is 0.143. The SMILES string of the molecule is CC(C)CCN(C1CCCC1)C1(CN)CCOC1. The molecule has 0 bridgehead atoms. The Bertz CT molecular complexity index is 243. The maximum Gasteiger partial charge on any atom is 0.0663 e. The summed E-state index contributed by atoms with van der Waals surface area (Å²) >= 11 is 0. The van der Waals surface area contributed by atoms with Crippen LogP contribution >= 0.6 is 0 Å². The van der Waals surface area contributed by atoms with Crippen LogP contribution in [0, 0.1) is 5.92 Å². The number of nitrogens with two attached hydrogens (primary N) is 1. The molecule has 0 amide bonds. The van der Waals surface area contributed by atoms with Gasteiger partial charge in [0.2, 0.25) is 0 Å². The Balaban J connectivity index is 2.06. The number of hydrogen-bond acceptors (Lipinski definition) is 3. The van der Waals surface area contributed by atoms with Crippen molar-refractivity contribution in [2.24, 2.45) is 11.7 Å². The molecule has 2 aliphatic rings. The Morgan fingerprint density at radius 3 is 2.56 bits per heavy atom. The van der Waals surface area contributed by atoms with E-state index in [0.717, 1.165) is 38.1 Å². The fraction of sp³-hybridized carbons (Fsp3) is 1.00. The third-order valence-corrected chi connectivity index (χ3v) is 4.78. The third-order valence-electron chi connectivity index (χ3n) is 4.78. The van der Waals surface area contributed by atoms with Gasteiger partial charge in [-0.05, 0) is 38.1 Å². The van der Waals surface area contributed by atoms with E-state index in [1.165, 1.54) is 38.6 Å². The van der Waals surface area contributed by atoms with Crippen LogP contribution in [-0.4, -0.2) is 42.8 Å². The van der Waals surface area contributed by atoms with E-state index in [1.54, 1.807) is 0 Å². The first-order valence-electron chi connectivity index (χ1n) is 7.72. The molecule has 0 radical (unpaired) electrons. The lowest BCUT2D eigenvalue weighted by molar-refractivity contribution is 0.0330. The van der Waals surface area contributed by atoms with Gasteiger partial charge in [0, 0.05) is 19.2 Å². The van der Waals surface area contributed by atoms with Crippen molar-refractivity contribution in [2.75, 3.05) is 26.3 Å². The van der Waals surface area contributed by atoms with Crippen molar-refractivity contribution in [1.82, 2.24) is 4.90 Å². The molecule has 3 nitrogen and oxygen atoms in total. The molecule has 0 spiro atoms. The number of rotatable bonds is 6. The van der Waals surface area contributed by atoms with Gasteiger partial charge in [-0.15, -0.1) is 0 Å². The summed E-state index contributed by atoms with van der Waals surface area (Å²) in [7, 11) is 0. The smallest absolute Gasteiger partial charge is 0.0663 e. The zero-order valence-corrected chi connectivity index (χ0v) is 12.2. The lowest BCUT2D eigenvalue weighted by atomic mass is 9.92. The van der Waals surface area contributed by atoms with Crippen molar-refractivity contribution in [2.45, 2.75) is 64.0 Å². The van der Waals surface area contributed by atoms with Crippen LogP contribution in [-0.2, 0) is 4.74 Å². The van der Waals surface area contributed by atoms with E-state index >= 15 is 0 Å². The van der Waals surface area contributed by atoms with E-state index in [-0.39, 0.29) is 5.54 Å². The Labute approximate surface area is 112 Å². The normalized spacial score (nSPS) is 29.8. The molecule has 0 aromatic heterocycles. The van der Waals surface area contributed by atoms with Crippen LogP contribution in [0.1, 0.15) is 52.4 Å². The zero-order chi connectivity index (χ0) is 13.0. The van der Waals surface area contributed by atoms with E-state index in [1.807, 2.05) is 0 Å².